The molecule has 0 atom stereocenters. The SMILES string of the molecule is O=S(=O)(O)c1ccc([O-])c(CNCCCNCCNCCCNCc2cc(S(=O)(=O)O)ccc2[O-])c1. The van der Waals surface area contributed by atoms with Crippen molar-refractivity contribution in [3.8, 4) is 11.5 Å². The molecule has 0 amide bonds. The summed E-state index contributed by atoms with van der Waals surface area (Å²) in [6, 6.07) is 6.75. The van der Waals surface area contributed by atoms with Crippen LogP contribution in [-0.4, -0.2) is 65.2 Å². The minimum Gasteiger partial charge on any atom is -0.872 e. The van der Waals surface area contributed by atoms with Crippen LogP contribution < -0.4 is 31.5 Å². The number of rotatable bonds is 17. The summed E-state index contributed by atoms with van der Waals surface area (Å²) in [6.07, 6.45) is 1.60. The predicted octanol–water partition coefficient (Wildman–Crippen LogP) is -0.834. The largest absolute Gasteiger partial charge is 0.872 e. The van der Waals surface area contributed by atoms with E-state index in [1.54, 1.807) is 0 Å². The Bertz CT molecular complexity index is 1100. The summed E-state index contributed by atoms with van der Waals surface area (Å²) in [7, 11) is -8.68. The third kappa shape index (κ3) is 10.8. The first-order valence-corrected chi connectivity index (χ1v) is 14.2. The van der Waals surface area contributed by atoms with Crippen molar-refractivity contribution in [1.29, 1.82) is 0 Å². The second-order valence-electron chi connectivity index (χ2n) is 8.05. The zero-order valence-electron chi connectivity index (χ0n) is 19.7. The lowest BCUT2D eigenvalue weighted by atomic mass is 10.2. The Hall–Kier alpha value is -2.30. The second kappa shape index (κ2) is 14.4. The van der Waals surface area contributed by atoms with Crippen molar-refractivity contribution in [2.75, 3.05) is 39.3 Å². The number of nitrogens with one attached hydrogen (secondary N) is 4. The first-order valence-electron chi connectivity index (χ1n) is 11.4. The van der Waals surface area contributed by atoms with E-state index in [9.17, 15) is 27.0 Å². The Morgan fingerprint density at radius 1 is 0.583 bits per heavy atom. The van der Waals surface area contributed by atoms with Crippen LogP contribution in [0, 0.1) is 0 Å². The minimum atomic E-state index is -4.34. The molecule has 36 heavy (non-hydrogen) atoms. The van der Waals surface area contributed by atoms with Crippen LogP contribution in [0.4, 0.5) is 0 Å². The van der Waals surface area contributed by atoms with E-state index < -0.39 is 20.2 Å². The Morgan fingerprint density at radius 2 is 0.944 bits per heavy atom. The molecule has 0 aliphatic rings. The van der Waals surface area contributed by atoms with Gasteiger partial charge in [0.05, 0.1) is 9.79 Å². The van der Waals surface area contributed by atoms with Crippen molar-refractivity contribution in [3.63, 3.8) is 0 Å². The zero-order chi connectivity index (χ0) is 26.6. The zero-order valence-corrected chi connectivity index (χ0v) is 21.3. The van der Waals surface area contributed by atoms with E-state index >= 15 is 0 Å². The molecule has 12 nitrogen and oxygen atoms in total. The van der Waals surface area contributed by atoms with Crippen molar-refractivity contribution in [2.24, 2.45) is 0 Å². The maximum absolute atomic E-state index is 11.8. The predicted molar refractivity (Wildman–Crippen MR) is 130 cm³/mol. The molecule has 0 unspecified atom stereocenters. The highest BCUT2D eigenvalue weighted by atomic mass is 32.2. The van der Waals surface area contributed by atoms with Crippen molar-refractivity contribution >= 4 is 20.2 Å². The van der Waals surface area contributed by atoms with Gasteiger partial charge in [-0.25, -0.2) is 0 Å². The monoisotopic (exact) mass is 544 g/mol. The maximum atomic E-state index is 11.8. The van der Waals surface area contributed by atoms with Gasteiger partial charge < -0.3 is 31.5 Å². The van der Waals surface area contributed by atoms with Gasteiger partial charge in [-0.1, -0.05) is 12.1 Å². The molecule has 0 aromatic heterocycles. The number of hydrogen-bond donors (Lipinski definition) is 6. The Morgan fingerprint density at radius 3 is 1.31 bits per heavy atom. The standard InChI is InChI=1S/C22H34N4O8S2/c27-21-5-3-19(35(29,30)31)13-17(21)15-25-9-1-7-23-11-12-24-8-2-10-26-16-18-14-20(36(32,33)34)4-6-22(18)28/h3-6,13-14,23-28H,1-2,7-12,15-16H2,(H,29,30,31)(H,32,33,34)/p-2. The summed E-state index contributed by atoms with van der Waals surface area (Å²) >= 11 is 0. The fraction of sp³-hybridized carbons (Fsp3) is 0.455. The van der Waals surface area contributed by atoms with E-state index in [4.69, 9.17) is 9.11 Å². The Labute approximate surface area is 211 Å². The van der Waals surface area contributed by atoms with E-state index in [-0.39, 0.29) is 45.5 Å². The van der Waals surface area contributed by atoms with Crippen LogP contribution in [0.15, 0.2) is 46.2 Å². The molecule has 6 N–H and O–H groups in total. The van der Waals surface area contributed by atoms with E-state index in [1.807, 2.05) is 0 Å². The summed E-state index contributed by atoms with van der Waals surface area (Å²) in [5, 5.41) is 36.3. The van der Waals surface area contributed by atoms with E-state index in [1.165, 1.54) is 12.1 Å². The van der Waals surface area contributed by atoms with Gasteiger partial charge in [-0.05, 0) is 74.4 Å². The molecule has 0 fully saturated rings. The average Bonchev–Trinajstić information content (AvgIpc) is 2.79. The first kappa shape index (κ1) is 29.9. The molecule has 0 saturated heterocycles. The smallest absolute Gasteiger partial charge is 0.294 e. The third-order valence-electron chi connectivity index (χ3n) is 5.18. The molecule has 2 rings (SSSR count). The summed E-state index contributed by atoms with van der Waals surface area (Å²) in [5.74, 6) is -0.591. The number of benzene rings is 2. The molecule has 0 aliphatic heterocycles. The van der Waals surface area contributed by atoms with Gasteiger partial charge in [0.2, 0.25) is 0 Å². The molecule has 0 spiro atoms. The summed E-state index contributed by atoms with van der Waals surface area (Å²) < 4.78 is 62.8. The molecule has 2 aromatic carbocycles. The van der Waals surface area contributed by atoms with Crippen LogP contribution in [0.1, 0.15) is 24.0 Å². The van der Waals surface area contributed by atoms with Gasteiger partial charge in [-0.15, -0.1) is 11.5 Å². The van der Waals surface area contributed by atoms with Crippen LogP contribution in [0.2, 0.25) is 0 Å². The van der Waals surface area contributed by atoms with Crippen molar-refractivity contribution in [2.45, 2.75) is 35.7 Å². The van der Waals surface area contributed by atoms with Gasteiger partial charge in [0.25, 0.3) is 20.2 Å². The van der Waals surface area contributed by atoms with E-state index in [2.05, 4.69) is 21.3 Å². The summed E-state index contributed by atoms with van der Waals surface area (Å²) in [6.45, 7) is 4.70. The van der Waals surface area contributed by atoms with Crippen molar-refractivity contribution < 1.29 is 36.2 Å². The minimum absolute atomic E-state index is 0.208. The molecule has 0 aliphatic carbocycles. The molecular formula is C22H32N4O8S2-2. The van der Waals surface area contributed by atoms with Crippen molar-refractivity contribution in [3.05, 3.63) is 47.5 Å². The molecule has 0 radical (unpaired) electrons. The second-order valence-corrected chi connectivity index (χ2v) is 10.9. The van der Waals surface area contributed by atoms with Gasteiger partial charge in [0, 0.05) is 26.2 Å². The van der Waals surface area contributed by atoms with Gasteiger partial charge >= 0.3 is 0 Å². The maximum Gasteiger partial charge on any atom is 0.294 e. The Kier molecular flexibility index (Phi) is 12.0. The van der Waals surface area contributed by atoms with Gasteiger partial charge in [-0.2, -0.15) is 16.8 Å². The van der Waals surface area contributed by atoms with Gasteiger partial charge in [0.1, 0.15) is 0 Å². The molecule has 0 saturated carbocycles. The van der Waals surface area contributed by atoms with E-state index in [0.717, 1.165) is 63.3 Å². The molecular weight excluding hydrogens is 512 g/mol. The molecule has 2 aromatic rings. The van der Waals surface area contributed by atoms with E-state index in [0.29, 0.717) is 13.1 Å². The van der Waals surface area contributed by atoms with Crippen LogP contribution in [0.3, 0.4) is 0 Å². The fourth-order valence-corrected chi connectivity index (χ4v) is 4.32. The first-order chi connectivity index (χ1) is 17.0. The average molecular weight is 545 g/mol. The van der Waals surface area contributed by atoms with Gasteiger partial charge in [0.15, 0.2) is 0 Å². The Balaban J connectivity index is 1.47. The normalized spacial score (nSPS) is 12.2. The van der Waals surface area contributed by atoms with Crippen molar-refractivity contribution in [1.82, 2.24) is 21.3 Å². The summed E-state index contributed by atoms with van der Waals surface area (Å²) in [5.41, 5.74) is 0.550. The highest BCUT2D eigenvalue weighted by Gasteiger charge is 2.11. The quantitative estimate of drug-likeness (QED) is 0.107. The third-order valence-corrected chi connectivity index (χ3v) is 6.88. The molecule has 0 bridgehead atoms. The van der Waals surface area contributed by atoms with Crippen LogP contribution in [-0.2, 0) is 33.3 Å². The molecule has 202 valence electrons. The lowest BCUT2D eigenvalue weighted by Gasteiger charge is -2.15. The fourth-order valence-electron chi connectivity index (χ4n) is 3.26. The molecule has 14 heteroatoms. The van der Waals surface area contributed by atoms with Crippen LogP contribution in [0.25, 0.3) is 0 Å². The molecule has 0 heterocycles. The lowest BCUT2D eigenvalue weighted by Crippen LogP contribution is -2.30. The number of hydrogen-bond acceptors (Lipinski definition) is 10. The highest BCUT2D eigenvalue weighted by Crippen LogP contribution is 2.19. The van der Waals surface area contributed by atoms with Gasteiger partial charge in [-0.3, -0.25) is 9.11 Å². The topological polar surface area (TPSA) is 203 Å². The highest BCUT2D eigenvalue weighted by molar-refractivity contribution is 7.86. The summed E-state index contributed by atoms with van der Waals surface area (Å²) in [4.78, 5) is -0.600. The lowest BCUT2D eigenvalue weighted by molar-refractivity contribution is -0.270. The van der Waals surface area contributed by atoms with Crippen LogP contribution >= 0.6 is 0 Å². The van der Waals surface area contributed by atoms with Crippen LogP contribution in [0.5, 0.6) is 11.5 Å².